The number of aliphatic hydroxyl groups excluding tert-OH is 3. The van der Waals surface area contributed by atoms with Crippen LogP contribution in [-0.4, -0.2) is 55.4 Å². The lowest BCUT2D eigenvalue weighted by molar-refractivity contribution is -0.128. The van der Waals surface area contributed by atoms with Crippen LogP contribution >= 0.6 is 0 Å². The molecule has 2 atom stereocenters. The summed E-state index contributed by atoms with van der Waals surface area (Å²) in [5.74, 6) is -1.35. The second-order valence-electron chi connectivity index (χ2n) is 7.77. The Morgan fingerprint density at radius 3 is 1.94 bits per heavy atom. The van der Waals surface area contributed by atoms with Crippen LogP contribution in [0.2, 0.25) is 0 Å². The van der Waals surface area contributed by atoms with Crippen molar-refractivity contribution in [2.45, 2.75) is 12.2 Å². The molecule has 8 heteroatoms. The molecule has 0 aromatic carbocycles. The van der Waals surface area contributed by atoms with Crippen LogP contribution in [0.3, 0.4) is 0 Å². The number of aliphatic hydroxyl groups is 3. The van der Waals surface area contributed by atoms with Gasteiger partial charge < -0.3 is 20.3 Å². The third kappa shape index (κ3) is 2.78. The molecular weight excluding hydrogens is 408 g/mol. The molecule has 5 aliphatic rings. The van der Waals surface area contributed by atoms with Crippen molar-refractivity contribution in [2.75, 3.05) is 0 Å². The van der Waals surface area contributed by atoms with E-state index in [2.05, 4.69) is 20.0 Å². The molecule has 0 unspecified atom stereocenters. The zero-order valence-corrected chi connectivity index (χ0v) is 16.5. The van der Waals surface area contributed by atoms with Crippen molar-refractivity contribution in [1.29, 1.82) is 0 Å². The average molecular weight is 424 g/mol. The topological polar surface area (TPSA) is 131 Å². The van der Waals surface area contributed by atoms with Gasteiger partial charge in [-0.2, -0.15) is 0 Å². The normalized spacial score (nSPS) is 25.7. The highest BCUT2D eigenvalue weighted by Gasteiger charge is 2.38. The number of ketones is 1. The molecule has 0 radical (unpaired) electrons. The molecule has 0 aliphatic carbocycles. The van der Waals surface area contributed by atoms with Gasteiger partial charge >= 0.3 is 0 Å². The number of aromatic amines is 1. The molecule has 5 aliphatic heterocycles. The van der Waals surface area contributed by atoms with E-state index in [1.54, 1.807) is 36.5 Å². The predicted molar refractivity (Wildman–Crippen MR) is 120 cm³/mol. The minimum absolute atomic E-state index is 0.0697. The van der Waals surface area contributed by atoms with Gasteiger partial charge in [-0.25, -0.2) is 15.0 Å². The Balaban J connectivity index is 1.68. The van der Waals surface area contributed by atoms with Crippen molar-refractivity contribution in [3.8, 4) is 0 Å². The second-order valence-corrected chi connectivity index (χ2v) is 7.77. The van der Waals surface area contributed by atoms with E-state index in [1.165, 1.54) is 0 Å². The van der Waals surface area contributed by atoms with E-state index < -0.39 is 23.8 Å². The molecule has 0 saturated carbocycles. The van der Waals surface area contributed by atoms with Gasteiger partial charge in [0.15, 0.2) is 11.9 Å². The lowest BCUT2D eigenvalue weighted by Gasteiger charge is -2.19. The number of H-pyrrole nitrogens is 1. The number of hydrogen-bond donors (Lipinski definition) is 4. The summed E-state index contributed by atoms with van der Waals surface area (Å²) in [5.41, 5.74) is 4.40. The molecule has 1 aromatic rings. The van der Waals surface area contributed by atoms with Crippen molar-refractivity contribution in [3.05, 3.63) is 94.0 Å². The van der Waals surface area contributed by atoms with E-state index in [-0.39, 0.29) is 11.1 Å². The van der Waals surface area contributed by atoms with Crippen LogP contribution in [0.4, 0.5) is 0 Å². The summed E-state index contributed by atoms with van der Waals surface area (Å²) < 4.78 is 0. The van der Waals surface area contributed by atoms with E-state index in [4.69, 9.17) is 0 Å². The summed E-state index contributed by atoms with van der Waals surface area (Å²) in [5, 5.41) is 32.2. The van der Waals surface area contributed by atoms with Gasteiger partial charge in [-0.15, -0.1) is 0 Å². The standard InChI is InChI=1S/C24H16N4O4/c29-21-19-15-5-3-13(26-15)9-11-1-2-12(25-11)10-14-4-6-16(27-14)20(18-8-7-17(19)28-18)22(30)24(32)23(21)31/h1-10,23-25,29,31-32H/t23-,24+/m1/s1. The average Bonchev–Trinajstić information content (AvgIpc) is 3.57. The summed E-state index contributed by atoms with van der Waals surface area (Å²) in [6, 6.07) is 3.81. The zero-order chi connectivity index (χ0) is 22.0. The SMILES string of the molecule is O=C1C2=C3C=CC(=N3)C(=C(O)[C@@H](O)[C@H]1O)C1=NC(=Cc3ccc([nH]3)C=C3C=CC2=N3)C=C1. The van der Waals surface area contributed by atoms with Crippen molar-refractivity contribution >= 4 is 35.1 Å². The third-order valence-electron chi connectivity index (χ3n) is 5.68. The summed E-state index contributed by atoms with van der Waals surface area (Å²) in [6.07, 6.45) is 10.1. The molecule has 10 bridgehead atoms. The smallest absolute Gasteiger partial charge is 0.198 e. The maximum atomic E-state index is 13.2. The molecule has 0 amide bonds. The van der Waals surface area contributed by atoms with Gasteiger partial charge in [0.25, 0.3) is 0 Å². The van der Waals surface area contributed by atoms with Crippen LogP contribution in [0.1, 0.15) is 11.4 Å². The summed E-state index contributed by atoms with van der Waals surface area (Å²) in [7, 11) is 0. The van der Waals surface area contributed by atoms with E-state index in [1.807, 2.05) is 24.3 Å². The van der Waals surface area contributed by atoms with Crippen molar-refractivity contribution in [3.63, 3.8) is 0 Å². The number of allylic oxidation sites excluding steroid dienone is 7. The number of hydrogen-bond acceptors (Lipinski definition) is 7. The number of Topliss-reactive ketones (excluding diaryl/α,β-unsaturated/α-hetero) is 1. The number of nitrogens with zero attached hydrogens (tertiary/aromatic N) is 3. The van der Waals surface area contributed by atoms with E-state index in [0.717, 1.165) is 11.4 Å². The quantitative estimate of drug-likeness (QED) is 0.508. The summed E-state index contributed by atoms with van der Waals surface area (Å²) in [6.45, 7) is 0. The van der Waals surface area contributed by atoms with Gasteiger partial charge in [0.1, 0.15) is 11.9 Å². The fraction of sp³-hybridized carbons (Fsp3) is 0.0833. The van der Waals surface area contributed by atoms with E-state index in [0.29, 0.717) is 34.2 Å². The first kappa shape index (κ1) is 18.6. The van der Waals surface area contributed by atoms with Gasteiger partial charge in [0.2, 0.25) is 0 Å². The minimum atomic E-state index is -1.90. The molecule has 156 valence electrons. The highest BCUT2D eigenvalue weighted by atomic mass is 16.4. The molecule has 1 aromatic heterocycles. The number of carbonyl (C=O) groups excluding carboxylic acids is 1. The molecule has 4 N–H and O–H groups in total. The highest BCUT2D eigenvalue weighted by molar-refractivity contribution is 6.35. The van der Waals surface area contributed by atoms with E-state index in [9.17, 15) is 20.1 Å². The molecule has 6 rings (SSSR count). The Morgan fingerprint density at radius 2 is 1.28 bits per heavy atom. The van der Waals surface area contributed by atoms with Crippen LogP contribution in [0.25, 0.3) is 12.2 Å². The molecule has 0 spiro atoms. The zero-order valence-electron chi connectivity index (χ0n) is 16.5. The number of nitrogens with one attached hydrogen (secondary N) is 1. The minimum Gasteiger partial charge on any atom is -0.509 e. The third-order valence-corrected chi connectivity index (χ3v) is 5.68. The second kappa shape index (κ2) is 6.68. The predicted octanol–water partition coefficient (Wildman–Crippen LogP) is 2.11. The molecule has 0 saturated heterocycles. The summed E-state index contributed by atoms with van der Waals surface area (Å²) >= 11 is 0. The maximum Gasteiger partial charge on any atom is 0.198 e. The lowest BCUT2D eigenvalue weighted by Crippen LogP contribution is -2.38. The Morgan fingerprint density at radius 1 is 0.719 bits per heavy atom. The van der Waals surface area contributed by atoms with Crippen LogP contribution in [0.5, 0.6) is 0 Å². The Hall–Kier alpha value is -4.14. The first-order valence-corrected chi connectivity index (χ1v) is 9.99. The van der Waals surface area contributed by atoms with Crippen molar-refractivity contribution in [1.82, 2.24) is 4.98 Å². The van der Waals surface area contributed by atoms with Gasteiger partial charge in [-0.3, -0.25) is 4.79 Å². The molecular formula is C24H16N4O4. The number of aromatic nitrogens is 1. The maximum absolute atomic E-state index is 13.2. The molecule has 8 nitrogen and oxygen atoms in total. The van der Waals surface area contributed by atoms with E-state index >= 15 is 0 Å². The first-order valence-electron chi connectivity index (χ1n) is 9.99. The Bertz CT molecular complexity index is 1420. The first-order chi connectivity index (χ1) is 15.5. The number of fused-ring (bicyclic) bond motifs is 6. The van der Waals surface area contributed by atoms with Crippen LogP contribution in [0.15, 0.2) is 97.6 Å². The largest absolute Gasteiger partial charge is 0.509 e. The number of aliphatic imine (C=N–C) groups is 3. The number of carbonyl (C=O) groups is 1. The van der Waals surface area contributed by atoms with Crippen LogP contribution in [-0.2, 0) is 4.79 Å². The molecule has 0 fully saturated rings. The van der Waals surface area contributed by atoms with Crippen molar-refractivity contribution in [2.24, 2.45) is 15.0 Å². The number of rotatable bonds is 0. The Labute approximate surface area is 181 Å². The molecule has 32 heavy (non-hydrogen) atoms. The van der Waals surface area contributed by atoms with Crippen LogP contribution < -0.4 is 0 Å². The van der Waals surface area contributed by atoms with Crippen molar-refractivity contribution < 1.29 is 20.1 Å². The van der Waals surface area contributed by atoms with Gasteiger partial charge in [0.05, 0.1) is 45.4 Å². The van der Waals surface area contributed by atoms with Gasteiger partial charge in [0, 0.05) is 11.4 Å². The van der Waals surface area contributed by atoms with Gasteiger partial charge in [-0.1, -0.05) is 0 Å². The Kier molecular flexibility index (Phi) is 3.89. The monoisotopic (exact) mass is 424 g/mol. The van der Waals surface area contributed by atoms with Crippen LogP contribution in [0, 0.1) is 0 Å². The highest BCUT2D eigenvalue weighted by Crippen LogP contribution is 2.31. The molecule has 6 heterocycles. The van der Waals surface area contributed by atoms with Gasteiger partial charge in [-0.05, 0) is 60.7 Å². The fourth-order valence-corrected chi connectivity index (χ4v) is 4.12. The fourth-order valence-electron chi connectivity index (χ4n) is 4.12. The summed E-state index contributed by atoms with van der Waals surface area (Å²) in [4.78, 5) is 30.1. The lowest BCUT2D eigenvalue weighted by atomic mass is 9.92.